The van der Waals surface area contributed by atoms with Crippen LogP contribution in [0.15, 0.2) is 18.3 Å². The number of urea groups is 1. The normalized spacial score (nSPS) is 15.9. The van der Waals surface area contributed by atoms with Gasteiger partial charge in [0, 0.05) is 32.4 Å². The molecule has 1 aliphatic heterocycles. The Morgan fingerprint density at radius 1 is 1.28 bits per heavy atom. The Kier molecular flexibility index (Phi) is 7.05. The largest absolute Gasteiger partial charge is 0.388 e. The summed E-state index contributed by atoms with van der Waals surface area (Å²) in [5.74, 6) is 1.81. The third-order valence-electron chi connectivity index (χ3n) is 5.26. The Bertz CT molecular complexity index is 535. The molecule has 25 heavy (non-hydrogen) atoms. The molecule has 0 radical (unpaired) electrons. The predicted octanol–water partition coefficient (Wildman–Crippen LogP) is 2.67. The van der Waals surface area contributed by atoms with Crippen LogP contribution < -0.4 is 15.5 Å². The Morgan fingerprint density at radius 3 is 2.52 bits per heavy atom. The van der Waals surface area contributed by atoms with Gasteiger partial charge in [0.25, 0.3) is 0 Å². The van der Waals surface area contributed by atoms with Gasteiger partial charge >= 0.3 is 6.03 Å². The van der Waals surface area contributed by atoms with Gasteiger partial charge in [-0.05, 0) is 43.2 Å². The molecule has 2 amide bonds. The number of carbonyl (C=O) groups excluding carboxylic acids is 1. The maximum Gasteiger partial charge on any atom is 0.315 e. The van der Waals surface area contributed by atoms with E-state index < -0.39 is 5.60 Å². The molecule has 2 heterocycles. The van der Waals surface area contributed by atoms with Crippen molar-refractivity contribution in [1.29, 1.82) is 0 Å². The van der Waals surface area contributed by atoms with Gasteiger partial charge in [-0.2, -0.15) is 0 Å². The molecule has 1 aromatic heterocycles. The first-order chi connectivity index (χ1) is 12.0. The molecular formula is C19H32N4O2. The van der Waals surface area contributed by atoms with E-state index in [1.807, 2.05) is 32.2 Å². The highest BCUT2D eigenvalue weighted by Gasteiger charge is 2.22. The monoisotopic (exact) mass is 348 g/mol. The fraction of sp³-hybridized carbons (Fsp3) is 0.684. The van der Waals surface area contributed by atoms with Gasteiger partial charge in [-0.1, -0.05) is 26.8 Å². The van der Waals surface area contributed by atoms with E-state index >= 15 is 0 Å². The summed E-state index contributed by atoms with van der Waals surface area (Å²) in [6, 6.07) is 3.77. The fourth-order valence-corrected chi connectivity index (χ4v) is 2.94. The molecule has 1 aromatic rings. The van der Waals surface area contributed by atoms with Gasteiger partial charge in [0.2, 0.25) is 0 Å². The first kappa shape index (κ1) is 19.5. The first-order valence-corrected chi connectivity index (χ1v) is 9.39. The third-order valence-corrected chi connectivity index (χ3v) is 5.26. The number of amides is 2. The van der Waals surface area contributed by atoms with E-state index in [0.29, 0.717) is 19.4 Å². The number of nitrogens with zero attached hydrogens (tertiary/aromatic N) is 2. The Hall–Kier alpha value is -1.82. The molecule has 0 spiro atoms. The zero-order chi connectivity index (χ0) is 18.3. The van der Waals surface area contributed by atoms with E-state index in [9.17, 15) is 9.90 Å². The number of hydrogen-bond acceptors (Lipinski definition) is 4. The van der Waals surface area contributed by atoms with Crippen molar-refractivity contribution in [1.82, 2.24) is 15.6 Å². The summed E-state index contributed by atoms with van der Waals surface area (Å²) < 4.78 is 0. The van der Waals surface area contributed by atoms with Gasteiger partial charge in [-0.15, -0.1) is 0 Å². The molecule has 0 unspecified atom stereocenters. The summed E-state index contributed by atoms with van der Waals surface area (Å²) in [6.07, 6.45) is 5.48. The number of piperidine rings is 1. The van der Waals surface area contributed by atoms with Crippen molar-refractivity contribution in [2.45, 2.75) is 58.6 Å². The van der Waals surface area contributed by atoms with Crippen LogP contribution >= 0.6 is 0 Å². The molecule has 1 fully saturated rings. The lowest BCUT2D eigenvalue weighted by molar-refractivity contribution is 0.0349. The average molecular weight is 348 g/mol. The van der Waals surface area contributed by atoms with Crippen LogP contribution in [0.4, 0.5) is 10.6 Å². The van der Waals surface area contributed by atoms with E-state index in [2.05, 4.69) is 27.4 Å². The van der Waals surface area contributed by atoms with E-state index in [-0.39, 0.29) is 12.6 Å². The highest BCUT2D eigenvalue weighted by atomic mass is 16.3. The number of pyridine rings is 1. The van der Waals surface area contributed by atoms with Gasteiger partial charge in [-0.25, -0.2) is 9.78 Å². The zero-order valence-electron chi connectivity index (χ0n) is 15.7. The number of rotatable bonds is 7. The van der Waals surface area contributed by atoms with Crippen molar-refractivity contribution >= 4 is 11.8 Å². The lowest BCUT2D eigenvalue weighted by Crippen LogP contribution is -2.45. The molecule has 0 atom stereocenters. The van der Waals surface area contributed by atoms with E-state index in [4.69, 9.17) is 0 Å². The zero-order valence-corrected chi connectivity index (χ0v) is 15.7. The van der Waals surface area contributed by atoms with Crippen LogP contribution in [0.1, 0.15) is 52.0 Å². The Labute approximate surface area is 151 Å². The van der Waals surface area contributed by atoms with Crippen molar-refractivity contribution in [3.8, 4) is 0 Å². The van der Waals surface area contributed by atoms with Crippen LogP contribution in [0.25, 0.3) is 0 Å². The summed E-state index contributed by atoms with van der Waals surface area (Å²) in [5, 5.41) is 15.7. The number of aromatic nitrogens is 1. The van der Waals surface area contributed by atoms with Gasteiger partial charge in [-0.3, -0.25) is 0 Å². The standard InChI is InChI=1S/C19H32N4O2/c1-4-19(25,5-2)14-22-18(24)21-13-16-6-7-17(20-12-16)23-10-8-15(3)9-11-23/h6-7,12,15,25H,4-5,8-11,13-14H2,1-3H3,(H2,21,22,24). The maximum atomic E-state index is 11.9. The summed E-state index contributed by atoms with van der Waals surface area (Å²) in [5.41, 5.74) is 0.137. The molecule has 2 rings (SSSR count). The highest BCUT2D eigenvalue weighted by molar-refractivity contribution is 5.73. The van der Waals surface area contributed by atoms with Crippen LogP contribution in [0.2, 0.25) is 0 Å². The highest BCUT2D eigenvalue weighted by Crippen LogP contribution is 2.21. The molecular weight excluding hydrogens is 316 g/mol. The fourth-order valence-electron chi connectivity index (χ4n) is 2.94. The summed E-state index contributed by atoms with van der Waals surface area (Å²) in [7, 11) is 0. The van der Waals surface area contributed by atoms with Crippen LogP contribution in [0.3, 0.4) is 0 Å². The quantitative estimate of drug-likeness (QED) is 0.708. The van der Waals surface area contributed by atoms with Crippen molar-refractivity contribution in [2.24, 2.45) is 5.92 Å². The number of nitrogens with one attached hydrogen (secondary N) is 2. The lowest BCUT2D eigenvalue weighted by Gasteiger charge is -2.31. The number of hydrogen-bond donors (Lipinski definition) is 3. The second-order valence-electron chi connectivity index (χ2n) is 7.16. The van der Waals surface area contributed by atoms with Crippen LogP contribution in [0.5, 0.6) is 0 Å². The van der Waals surface area contributed by atoms with E-state index in [1.165, 1.54) is 12.8 Å². The van der Waals surface area contributed by atoms with Crippen molar-refractivity contribution in [3.05, 3.63) is 23.9 Å². The molecule has 6 heteroatoms. The van der Waals surface area contributed by atoms with Crippen LogP contribution in [-0.4, -0.2) is 41.4 Å². The second-order valence-corrected chi connectivity index (χ2v) is 7.16. The van der Waals surface area contributed by atoms with Crippen molar-refractivity contribution in [2.75, 3.05) is 24.5 Å². The summed E-state index contributed by atoms with van der Waals surface area (Å²) >= 11 is 0. The molecule has 3 N–H and O–H groups in total. The molecule has 1 saturated heterocycles. The van der Waals surface area contributed by atoms with E-state index in [1.54, 1.807) is 0 Å². The molecule has 0 bridgehead atoms. The van der Waals surface area contributed by atoms with Gasteiger partial charge in [0.05, 0.1) is 5.60 Å². The SMILES string of the molecule is CCC(O)(CC)CNC(=O)NCc1ccc(N2CCC(C)CC2)nc1. The minimum absolute atomic E-state index is 0.260. The predicted molar refractivity (Wildman–Crippen MR) is 101 cm³/mol. The van der Waals surface area contributed by atoms with Gasteiger partial charge in [0.15, 0.2) is 0 Å². The second kappa shape index (κ2) is 9.04. The summed E-state index contributed by atoms with van der Waals surface area (Å²) in [4.78, 5) is 18.7. The number of anilines is 1. The average Bonchev–Trinajstić information content (AvgIpc) is 2.65. The topological polar surface area (TPSA) is 77.5 Å². The molecule has 6 nitrogen and oxygen atoms in total. The molecule has 140 valence electrons. The molecule has 0 saturated carbocycles. The molecule has 1 aliphatic rings. The Morgan fingerprint density at radius 2 is 1.96 bits per heavy atom. The van der Waals surface area contributed by atoms with Gasteiger partial charge < -0.3 is 20.6 Å². The lowest BCUT2D eigenvalue weighted by atomic mass is 9.98. The minimum Gasteiger partial charge on any atom is -0.388 e. The van der Waals surface area contributed by atoms with Gasteiger partial charge in [0.1, 0.15) is 5.82 Å². The van der Waals surface area contributed by atoms with Crippen molar-refractivity contribution in [3.63, 3.8) is 0 Å². The smallest absolute Gasteiger partial charge is 0.315 e. The van der Waals surface area contributed by atoms with E-state index in [0.717, 1.165) is 30.4 Å². The molecule has 0 aromatic carbocycles. The van der Waals surface area contributed by atoms with Crippen LogP contribution in [0, 0.1) is 5.92 Å². The van der Waals surface area contributed by atoms with Crippen molar-refractivity contribution < 1.29 is 9.90 Å². The third kappa shape index (κ3) is 5.88. The maximum absolute atomic E-state index is 11.9. The minimum atomic E-state index is -0.827. The Balaban J connectivity index is 1.76. The molecule has 0 aliphatic carbocycles. The number of carbonyl (C=O) groups is 1. The van der Waals surface area contributed by atoms with Crippen LogP contribution in [-0.2, 0) is 6.54 Å². The number of aliphatic hydroxyl groups is 1. The first-order valence-electron chi connectivity index (χ1n) is 9.39. The summed E-state index contributed by atoms with van der Waals surface area (Å²) in [6.45, 7) is 8.94.